The number of aliphatic hydroxyl groups is 1. The van der Waals surface area contributed by atoms with Crippen LogP contribution in [0.5, 0.6) is 0 Å². The zero-order chi connectivity index (χ0) is 8.55. The van der Waals surface area contributed by atoms with E-state index in [0.29, 0.717) is 11.8 Å². The molecule has 1 fully saturated rings. The lowest BCUT2D eigenvalue weighted by molar-refractivity contribution is 0.0943. The van der Waals surface area contributed by atoms with Crippen LogP contribution in [-0.4, -0.2) is 24.8 Å². The van der Waals surface area contributed by atoms with Crippen molar-refractivity contribution < 1.29 is 5.11 Å². The maximum absolute atomic E-state index is 9.77. The van der Waals surface area contributed by atoms with Gasteiger partial charge in [0.25, 0.3) is 0 Å². The van der Waals surface area contributed by atoms with Gasteiger partial charge in [-0.3, -0.25) is 0 Å². The molecule has 0 aromatic rings. The molecule has 2 rings (SSSR count). The van der Waals surface area contributed by atoms with Gasteiger partial charge < -0.3 is 10.4 Å². The molecule has 0 heterocycles. The zero-order valence-corrected chi connectivity index (χ0v) is 7.53. The first kappa shape index (κ1) is 8.27. The predicted molar refractivity (Wildman–Crippen MR) is 48.8 cm³/mol. The number of fused-ring (bicyclic) bond motifs is 2. The zero-order valence-electron chi connectivity index (χ0n) is 7.53. The van der Waals surface area contributed by atoms with Crippen molar-refractivity contribution in [2.45, 2.75) is 18.9 Å². The first-order valence-electron chi connectivity index (χ1n) is 4.82. The number of hydrogen-bond acceptors (Lipinski definition) is 2. The molecule has 0 aliphatic heterocycles. The third-order valence-electron chi connectivity index (χ3n) is 3.24. The van der Waals surface area contributed by atoms with Crippen molar-refractivity contribution in [3.05, 3.63) is 12.2 Å². The molecule has 0 amide bonds. The highest BCUT2D eigenvalue weighted by Gasteiger charge is 2.38. The molecule has 0 spiro atoms. The summed E-state index contributed by atoms with van der Waals surface area (Å²) in [5.74, 6) is 1.96. The summed E-state index contributed by atoms with van der Waals surface area (Å²) in [4.78, 5) is 0. The van der Waals surface area contributed by atoms with E-state index in [2.05, 4.69) is 17.5 Å². The standard InChI is InChI=1S/C10H17NO/c1-11-6-10(12)9-5-7-2-3-8(9)4-7/h2-3,7-12H,4-6H2,1H3. The minimum absolute atomic E-state index is 0.144. The van der Waals surface area contributed by atoms with E-state index in [1.54, 1.807) is 0 Å². The smallest absolute Gasteiger partial charge is 0.0698 e. The summed E-state index contributed by atoms with van der Waals surface area (Å²) in [7, 11) is 1.90. The van der Waals surface area contributed by atoms with Crippen LogP contribution in [0, 0.1) is 17.8 Å². The van der Waals surface area contributed by atoms with Crippen LogP contribution in [0.15, 0.2) is 12.2 Å². The lowest BCUT2D eigenvalue weighted by Gasteiger charge is -2.23. The Morgan fingerprint density at radius 3 is 2.83 bits per heavy atom. The normalized spacial score (nSPS) is 40.7. The Labute approximate surface area is 73.7 Å². The van der Waals surface area contributed by atoms with E-state index in [-0.39, 0.29) is 6.10 Å². The van der Waals surface area contributed by atoms with Crippen LogP contribution in [0.2, 0.25) is 0 Å². The summed E-state index contributed by atoms with van der Waals surface area (Å²) in [6, 6.07) is 0. The number of hydrogen-bond donors (Lipinski definition) is 2. The van der Waals surface area contributed by atoms with Crippen molar-refractivity contribution in [3.63, 3.8) is 0 Å². The van der Waals surface area contributed by atoms with Crippen LogP contribution < -0.4 is 5.32 Å². The molecule has 0 aromatic carbocycles. The Bertz CT molecular complexity index is 190. The van der Waals surface area contributed by atoms with Crippen molar-refractivity contribution in [1.82, 2.24) is 5.32 Å². The van der Waals surface area contributed by atoms with Gasteiger partial charge in [0.1, 0.15) is 0 Å². The van der Waals surface area contributed by atoms with Crippen LogP contribution in [0.3, 0.4) is 0 Å². The van der Waals surface area contributed by atoms with E-state index in [1.807, 2.05) is 7.05 Å². The predicted octanol–water partition coefficient (Wildman–Crippen LogP) is 0.779. The first-order chi connectivity index (χ1) is 5.81. The number of nitrogens with one attached hydrogen (secondary N) is 1. The number of likely N-dealkylation sites (N-methyl/N-ethyl adjacent to an activating group) is 1. The number of aliphatic hydroxyl groups excluding tert-OH is 1. The Balaban J connectivity index is 1.93. The van der Waals surface area contributed by atoms with Gasteiger partial charge in [-0.2, -0.15) is 0 Å². The molecule has 2 aliphatic carbocycles. The van der Waals surface area contributed by atoms with Gasteiger partial charge in [0.15, 0.2) is 0 Å². The highest BCUT2D eigenvalue weighted by Crippen LogP contribution is 2.44. The summed E-state index contributed by atoms with van der Waals surface area (Å²) in [5, 5.41) is 12.8. The minimum Gasteiger partial charge on any atom is -0.391 e. The SMILES string of the molecule is CNCC(O)C1CC2C=CC1C2. The van der Waals surface area contributed by atoms with Crippen molar-refractivity contribution in [2.75, 3.05) is 13.6 Å². The molecule has 0 aromatic heterocycles. The van der Waals surface area contributed by atoms with E-state index in [4.69, 9.17) is 0 Å². The van der Waals surface area contributed by atoms with Gasteiger partial charge in [0, 0.05) is 6.54 Å². The van der Waals surface area contributed by atoms with E-state index in [9.17, 15) is 5.11 Å². The van der Waals surface area contributed by atoms with Crippen molar-refractivity contribution in [2.24, 2.45) is 17.8 Å². The summed E-state index contributed by atoms with van der Waals surface area (Å²) in [5.41, 5.74) is 0. The molecule has 12 heavy (non-hydrogen) atoms. The van der Waals surface area contributed by atoms with E-state index < -0.39 is 0 Å². The number of rotatable bonds is 3. The quantitative estimate of drug-likeness (QED) is 0.609. The van der Waals surface area contributed by atoms with Gasteiger partial charge in [-0.05, 0) is 37.6 Å². The molecule has 0 radical (unpaired) electrons. The molecular weight excluding hydrogens is 150 g/mol. The van der Waals surface area contributed by atoms with E-state index in [0.717, 1.165) is 12.5 Å². The fraction of sp³-hybridized carbons (Fsp3) is 0.800. The fourth-order valence-electron chi connectivity index (χ4n) is 2.63. The molecule has 1 saturated carbocycles. The molecule has 2 aliphatic rings. The van der Waals surface area contributed by atoms with E-state index in [1.165, 1.54) is 12.8 Å². The lowest BCUT2D eigenvalue weighted by atomic mass is 9.88. The second kappa shape index (κ2) is 3.19. The second-order valence-corrected chi connectivity index (χ2v) is 4.07. The van der Waals surface area contributed by atoms with Gasteiger partial charge in [-0.25, -0.2) is 0 Å². The Kier molecular flexibility index (Phi) is 2.20. The minimum atomic E-state index is -0.144. The van der Waals surface area contributed by atoms with Crippen LogP contribution in [0.25, 0.3) is 0 Å². The highest BCUT2D eigenvalue weighted by molar-refractivity contribution is 5.11. The maximum Gasteiger partial charge on any atom is 0.0698 e. The summed E-state index contributed by atoms with van der Waals surface area (Å²) in [6.45, 7) is 0.738. The van der Waals surface area contributed by atoms with E-state index >= 15 is 0 Å². The Morgan fingerprint density at radius 1 is 1.50 bits per heavy atom. The van der Waals surface area contributed by atoms with Crippen molar-refractivity contribution in [3.8, 4) is 0 Å². The molecule has 0 saturated heterocycles. The first-order valence-corrected chi connectivity index (χ1v) is 4.82. The van der Waals surface area contributed by atoms with Gasteiger partial charge in [-0.1, -0.05) is 12.2 Å². The third kappa shape index (κ3) is 1.29. The van der Waals surface area contributed by atoms with Gasteiger partial charge in [0.2, 0.25) is 0 Å². The molecule has 4 unspecified atom stereocenters. The Hall–Kier alpha value is -0.340. The average molecular weight is 167 g/mol. The van der Waals surface area contributed by atoms with Crippen LogP contribution >= 0.6 is 0 Å². The molecule has 4 atom stereocenters. The van der Waals surface area contributed by atoms with Crippen molar-refractivity contribution >= 4 is 0 Å². The van der Waals surface area contributed by atoms with Gasteiger partial charge >= 0.3 is 0 Å². The van der Waals surface area contributed by atoms with Crippen molar-refractivity contribution in [1.29, 1.82) is 0 Å². The summed E-state index contributed by atoms with van der Waals surface area (Å²) >= 11 is 0. The van der Waals surface area contributed by atoms with Crippen LogP contribution in [0.4, 0.5) is 0 Å². The largest absolute Gasteiger partial charge is 0.391 e. The maximum atomic E-state index is 9.77. The third-order valence-corrected chi connectivity index (χ3v) is 3.24. The molecule has 2 heteroatoms. The second-order valence-electron chi connectivity index (χ2n) is 4.07. The molecule has 2 nitrogen and oxygen atoms in total. The topological polar surface area (TPSA) is 32.3 Å². The highest BCUT2D eigenvalue weighted by atomic mass is 16.3. The fourth-order valence-corrected chi connectivity index (χ4v) is 2.63. The average Bonchev–Trinajstić information content (AvgIpc) is 2.64. The molecular formula is C10H17NO. The van der Waals surface area contributed by atoms with Gasteiger partial charge in [0.05, 0.1) is 6.10 Å². The van der Waals surface area contributed by atoms with Crippen LogP contribution in [-0.2, 0) is 0 Å². The lowest BCUT2D eigenvalue weighted by Crippen LogP contribution is -2.33. The molecule has 2 N–H and O–H groups in total. The molecule has 2 bridgehead atoms. The molecule has 68 valence electrons. The van der Waals surface area contributed by atoms with Crippen LogP contribution in [0.1, 0.15) is 12.8 Å². The summed E-state index contributed by atoms with van der Waals surface area (Å²) < 4.78 is 0. The summed E-state index contributed by atoms with van der Waals surface area (Å²) in [6.07, 6.45) is 6.94. The van der Waals surface area contributed by atoms with Gasteiger partial charge in [-0.15, -0.1) is 0 Å². The Morgan fingerprint density at radius 2 is 2.33 bits per heavy atom. The number of allylic oxidation sites excluding steroid dienone is 2. The monoisotopic (exact) mass is 167 g/mol.